The van der Waals surface area contributed by atoms with E-state index >= 15 is 0 Å². The Morgan fingerprint density at radius 2 is 1.76 bits per heavy atom. The fraction of sp³-hybridized carbons (Fsp3) is 0.143. The summed E-state index contributed by atoms with van der Waals surface area (Å²) in [5.74, 6) is 0. The molecule has 0 bridgehead atoms. The largest absolute Gasteiger partial charge is 0.0984 e. The highest BCUT2D eigenvalue weighted by Crippen LogP contribution is 2.36. The maximum absolute atomic E-state index is 4.24. The maximum Gasteiger partial charge on any atom is -0.00212 e. The zero-order valence-electron chi connectivity index (χ0n) is 12.7. The molecule has 3 aromatic rings. The highest BCUT2D eigenvalue weighted by Gasteiger charge is 2.16. The first-order valence-electron chi connectivity index (χ1n) is 7.58. The van der Waals surface area contributed by atoms with E-state index in [1.807, 2.05) is 19.9 Å². The lowest BCUT2D eigenvalue weighted by molar-refractivity contribution is 1.43. The Bertz CT molecular complexity index is 910. The lowest BCUT2D eigenvalue weighted by Gasteiger charge is -2.19. The van der Waals surface area contributed by atoms with Gasteiger partial charge in [-0.25, -0.2) is 0 Å². The first-order valence-corrected chi connectivity index (χ1v) is 7.58. The minimum absolute atomic E-state index is 0.932. The Kier molecular flexibility index (Phi) is 3.39. The molecule has 0 radical (unpaired) electrons. The molecule has 0 aromatic heterocycles. The van der Waals surface area contributed by atoms with Gasteiger partial charge in [-0.2, -0.15) is 0 Å². The van der Waals surface area contributed by atoms with E-state index in [1.54, 1.807) is 0 Å². The molecule has 21 heavy (non-hydrogen) atoms. The Hall–Kier alpha value is -2.34. The Balaban J connectivity index is 0.000000636. The molecule has 0 spiro atoms. The monoisotopic (exact) mass is 272 g/mol. The minimum Gasteiger partial charge on any atom is -0.0984 e. The van der Waals surface area contributed by atoms with E-state index < -0.39 is 0 Å². The highest BCUT2D eigenvalue weighted by molar-refractivity contribution is 6.16. The van der Waals surface area contributed by atoms with Crippen molar-refractivity contribution >= 4 is 39.3 Å². The molecule has 0 fully saturated rings. The molecule has 0 saturated carbocycles. The second-order valence-corrected chi connectivity index (χ2v) is 5.17. The van der Waals surface area contributed by atoms with Crippen LogP contribution in [0.4, 0.5) is 0 Å². The summed E-state index contributed by atoms with van der Waals surface area (Å²) in [4.78, 5) is 0. The fourth-order valence-electron chi connectivity index (χ4n) is 3.24. The van der Waals surface area contributed by atoms with Gasteiger partial charge in [0, 0.05) is 0 Å². The van der Waals surface area contributed by atoms with Gasteiger partial charge in [-0.1, -0.05) is 69.5 Å². The van der Waals surface area contributed by atoms with Crippen molar-refractivity contribution in [2.75, 3.05) is 0 Å². The van der Waals surface area contributed by atoms with Crippen LogP contribution < -0.4 is 5.22 Å². The van der Waals surface area contributed by atoms with Crippen LogP contribution in [0.1, 0.15) is 31.4 Å². The molecule has 4 rings (SSSR count). The highest BCUT2D eigenvalue weighted by atomic mass is 14.2. The molecule has 104 valence electrons. The normalized spacial score (nSPS) is 12.8. The van der Waals surface area contributed by atoms with E-state index in [9.17, 15) is 0 Å². The summed E-state index contributed by atoms with van der Waals surface area (Å²) in [6.45, 7) is 12.2. The van der Waals surface area contributed by atoms with E-state index in [0.29, 0.717) is 0 Å². The molecule has 0 N–H and O–H groups in total. The summed E-state index contributed by atoms with van der Waals surface area (Å²) in [6, 6.07) is 13.2. The van der Waals surface area contributed by atoms with E-state index in [1.165, 1.54) is 43.5 Å². The standard InChI is InChI=1S/C19H14.C2H6/c1-3-13-11-16-6-4-5-14-9-10-15-8-7-12(2)17(13)19(15)18(14)16;1-2/h3-6,8-11H,1-2,7H2;1-2H3. The van der Waals surface area contributed by atoms with Gasteiger partial charge in [0.1, 0.15) is 0 Å². The predicted octanol–water partition coefficient (Wildman–Crippen LogP) is 5.58. The smallest absolute Gasteiger partial charge is 0.00212 e. The zero-order valence-corrected chi connectivity index (χ0v) is 12.7. The third kappa shape index (κ3) is 1.91. The van der Waals surface area contributed by atoms with Gasteiger partial charge in [0.25, 0.3) is 0 Å². The molecule has 1 aliphatic rings. The van der Waals surface area contributed by atoms with Crippen LogP contribution in [0, 0.1) is 0 Å². The summed E-state index contributed by atoms with van der Waals surface area (Å²) in [7, 11) is 0. The minimum atomic E-state index is 0.932. The van der Waals surface area contributed by atoms with Gasteiger partial charge < -0.3 is 0 Å². The van der Waals surface area contributed by atoms with Crippen LogP contribution in [0.15, 0.2) is 49.6 Å². The van der Waals surface area contributed by atoms with Gasteiger partial charge in [0.2, 0.25) is 0 Å². The molecule has 0 amide bonds. The van der Waals surface area contributed by atoms with Gasteiger partial charge in [-0.3, -0.25) is 0 Å². The van der Waals surface area contributed by atoms with Gasteiger partial charge in [-0.15, -0.1) is 0 Å². The summed E-state index contributed by atoms with van der Waals surface area (Å²) in [5.41, 5.74) is 3.68. The Morgan fingerprint density at radius 1 is 1.00 bits per heavy atom. The summed E-state index contributed by atoms with van der Waals surface area (Å²) in [5, 5.41) is 6.63. The summed E-state index contributed by atoms with van der Waals surface area (Å²) >= 11 is 0. The number of hydrogen-bond donors (Lipinski definition) is 0. The molecule has 0 heteroatoms. The molecule has 0 saturated heterocycles. The van der Waals surface area contributed by atoms with Crippen molar-refractivity contribution in [3.05, 3.63) is 65.9 Å². The van der Waals surface area contributed by atoms with Gasteiger partial charge in [0.15, 0.2) is 0 Å². The number of rotatable bonds is 1. The lowest BCUT2D eigenvalue weighted by Crippen LogP contribution is -2.10. The van der Waals surface area contributed by atoms with Gasteiger partial charge in [-0.05, 0) is 56.0 Å². The predicted molar refractivity (Wildman–Crippen MR) is 96.2 cm³/mol. The average molecular weight is 272 g/mol. The Labute approximate surface area is 126 Å². The van der Waals surface area contributed by atoms with Crippen LogP contribution in [0.3, 0.4) is 0 Å². The van der Waals surface area contributed by atoms with Crippen molar-refractivity contribution in [3.8, 4) is 0 Å². The molecule has 0 unspecified atom stereocenters. The van der Waals surface area contributed by atoms with Crippen LogP contribution in [0.2, 0.25) is 0 Å². The lowest BCUT2D eigenvalue weighted by atomic mass is 9.84. The van der Waals surface area contributed by atoms with Crippen molar-refractivity contribution in [3.63, 3.8) is 0 Å². The third-order valence-electron chi connectivity index (χ3n) is 4.10. The van der Waals surface area contributed by atoms with Gasteiger partial charge >= 0.3 is 0 Å². The molecule has 0 nitrogen and oxygen atoms in total. The SMILES string of the molecule is C=Cc1cc2cccc3ccc4c(c1C(=C)CC=4)c32.CC. The van der Waals surface area contributed by atoms with Crippen molar-refractivity contribution in [2.24, 2.45) is 0 Å². The molecule has 3 aromatic carbocycles. The first kappa shape index (κ1) is 13.6. The molecule has 0 heterocycles. The quantitative estimate of drug-likeness (QED) is 0.542. The van der Waals surface area contributed by atoms with Crippen molar-refractivity contribution < 1.29 is 0 Å². The first-order chi connectivity index (χ1) is 10.3. The van der Waals surface area contributed by atoms with E-state index in [4.69, 9.17) is 0 Å². The van der Waals surface area contributed by atoms with Crippen LogP contribution in [-0.4, -0.2) is 0 Å². The topological polar surface area (TPSA) is 0 Å². The summed E-state index contributed by atoms with van der Waals surface area (Å²) in [6.07, 6.45) is 5.16. The van der Waals surface area contributed by atoms with E-state index in [2.05, 4.69) is 55.6 Å². The average Bonchev–Trinajstić information content (AvgIpc) is 2.55. The van der Waals surface area contributed by atoms with Crippen LogP contribution in [0.25, 0.3) is 39.3 Å². The number of allylic oxidation sites excluding steroid dienone is 1. The molecule has 0 aliphatic heterocycles. The van der Waals surface area contributed by atoms with E-state index in [-0.39, 0.29) is 0 Å². The molecule has 1 aliphatic carbocycles. The molecule has 0 atom stereocenters. The second-order valence-electron chi connectivity index (χ2n) is 5.17. The van der Waals surface area contributed by atoms with Crippen LogP contribution >= 0.6 is 0 Å². The molecular formula is C21H20. The zero-order chi connectivity index (χ0) is 15.0. The second kappa shape index (κ2) is 5.21. The fourth-order valence-corrected chi connectivity index (χ4v) is 3.24. The Morgan fingerprint density at radius 3 is 2.52 bits per heavy atom. The summed E-state index contributed by atoms with van der Waals surface area (Å²) < 4.78 is 0. The van der Waals surface area contributed by atoms with E-state index in [0.717, 1.165) is 6.42 Å². The van der Waals surface area contributed by atoms with Crippen molar-refractivity contribution in [2.45, 2.75) is 20.3 Å². The van der Waals surface area contributed by atoms with Crippen LogP contribution in [0.5, 0.6) is 0 Å². The third-order valence-corrected chi connectivity index (χ3v) is 4.10. The van der Waals surface area contributed by atoms with Crippen LogP contribution in [-0.2, 0) is 0 Å². The van der Waals surface area contributed by atoms with Crippen molar-refractivity contribution in [1.29, 1.82) is 0 Å². The number of benzene rings is 3. The number of hydrogen-bond acceptors (Lipinski definition) is 0. The maximum atomic E-state index is 4.24. The van der Waals surface area contributed by atoms with Crippen molar-refractivity contribution in [1.82, 2.24) is 0 Å². The van der Waals surface area contributed by atoms with Gasteiger partial charge in [0.05, 0.1) is 0 Å². The molecular weight excluding hydrogens is 252 g/mol.